The van der Waals surface area contributed by atoms with Gasteiger partial charge in [0.1, 0.15) is 6.04 Å². The lowest BCUT2D eigenvalue weighted by Gasteiger charge is -2.24. The first-order valence-electron chi connectivity index (χ1n) is 6.92. The summed E-state index contributed by atoms with van der Waals surface area (Å²) in [5, 5.41) is 9.87. The summed E-state index contributed by atoms with van der Waals surface area (Å²) >= 11 is 0. The van der Waals surface area contributed by atoms with Crippen molar-refractivity contribution in [3.05, 3.63) is 48.6 Å². The number of aliphatic hydroxyl groups excluding tert-OH is 1. The van der Waals surface area contributed by atoms with E-state index in [1.165, 1.54) is 12.1 Å². The van der Waals surface area contributed by atoms with Crippen molar-refractivity contribution >= 4 is 0 Å². The lowest BCUT2D eigenvalue weighted by atomic mass is 10.0. The molecular formula is C17H25F3N2O. The Hall–Kier alpha value is -1.81. The van der Waals surface area contributed by atoms with E-state index < -0.39 is 12.2 Å². The lowest BCUT2D eigenvalue weighted by molar-refractivity contribution is -0.159. The molecular weight excluding hydrogens is 305 g/mol. The van der Waals surface area contributed by atoms with Crippen LogP contribution in [0, 0.1) is 11.8 Å². The molecule has 0 aliphatic rings. The van der Waals surface area contributed by atoms with E-state index in [2.05, 4.69) is 36.0 Å². The Morgan fingerprint density at radius 3 is 1.96 bits per heavy atom. The van der Waals surface area contributed by atoms with Crippen molar-refractivity contribution in [1.29, 1.82) is 0 Å². The average Bonchev–Trinajstić information content (AvgIpc) is 2.48. The quantitative estimate of drug-likeness (QED) is 0.452. The van der Waals surface area contributed by atoms with Crippen LogP contribution in [0.3, 0.4) is 0 Å². The van der Waals surface area contributed by atoms with Crippen molar-refractivity contribution in [1.82, 2.24) is 5.32 Å². The molecule has 0 heterocycles. The average molecular weight is 330 g/mol. The summed E-state index contributed by atoms with van der Waals surface area (Å²) in [7, 11) is 0. The molecule has 0 fully saturated rings. The number of halogens is 3. The maximum absolute atomic E-state index is 12.9. The smallest absolute Gasteiger partial charge is 0.382 e. The molecule has 130 valence electrons. The van der Waals surface area contributed by atoms with Crippen LogP contribution in [0.25, 0.3) is 0 Å². The SMILES string of the molecule is C=C.CC#Cc1ccc(C(NC(C)C)C(F)(F)F)cc1.NCO. The highest BCUT2D eigenvalue weighted by Crippen LogP contribution is 2.33. The fourth-order valence-corrected chi connectivity index (χ4v) is 1.62. The van der Waals surface area contributed by atoms with Gasteiger partial charge >= 0.3 is 6.18 Å². The maximum Gasteiger partial charge on any atom is 0.407 e. The van der Waals surface area contributed by atoms with Gasteiger partial charge in [0.25, 0.3) is 0 Å². The zero-order valence-corrected chi connectivity index (χ0v) is 13.7. The first-order valence-corrected chi connectivity index (χ1v) is 6.92. The lowest BCUT2D eigenvalue weighted by Crippen LogP contribution is -2.38. The van der Waals surface area contributed by atoms with Gasteiger partial charge in [0.2, 0.25) is 0 Å². The zero-order valence-electron chi connectivity index (χ0n) is 13.7. The van der Waals surface area contributed by atoms with Crippen molar-refractivity contribution < 1.29 is 18.3 Å². The van der Waals surface area contributed by atoms with E-state index in [-0.39, 0.29) is 18.3 Å². The molecule has 0 aliphatic carbocycles. The van der Waals surface area contributed by atoms with Crippen molar-refractivity contribution in [2.75, 3.05) is 6.73 Å². The molecule has 0 spiro atoms. The minimum Gasteiger partial charge on any atom is -0.382 e. The number of hydrogen-bond acceptors (Lipinski definition) is 3. The summed E-state index contributed by atoms with van der Waals surface area (Å²) in [5.74, 6) is 5.51. The standard InChI is InChI=1S/C14H16F3N.C2H4.CH5NO/c1-4-5-11-6-8-12(9-7-11)13(14(15,16)17)18-10(2)3;1-2;2-1-3/h6-10,13,18H,1-3H3;1-2H2;3H,1-2H2. The molecule has 0 bridgehead atoms. The Kier molecular flexibility index (Phi) is 13.0. The Labute approximate surface area is 136 Å². The van der Waals surface area contributed by atoms with Gasteiger partial charge < -0.3 is 16.2 Å². The van der Waals surface area contributed by atoms with Crippen molar-refractivity contribution in [2.45, 2.75) is 39.0 Å². The fourth-order valence-electron chi connectivity index (χ4n) is 1.62. The van der Waals surface area contributed by atoms with Crippen LogP contribution >= 0.6 is 0 Å². The molecule has 6 heteroatoms. The minimum absolute atomic E-state index is 0.206. The molecule has 0 amide bonds. The molecule has 0 aromatic heterocycles. The van der Waals surface area contributed by atoms with E-state index in [0.29, 0.717) is 5.56 Å². The Morgan fingerprint density at radius 2 is 1.65 bits per heavy atom. The van der Waals surface area contributed by atoms with E-state index in [9.17, 15) is 13.2 Å². The summed E-state index contributed by atoms with van der Waals surface area (Å²) in [6.07, 6.45) is -4.30. The van der Waals surface area contributed by atoms with Gasteiger partial charge in [-0.2, -0.15) is 13.2 Å². The predicted octanol–water partition coefficient (Wildman–Crippen LogP) is 3.36. The van der Waals surface area contributed by atoms with Crippen molar-refractivity contribution in [3.63, 3.8) is 0 Å². The van der Waals surface area contributed by atoms with E-state index in [4.69, 9.17) is 5.11 Å². The van der Waals surface area contributed by atoms with E-state index in [1.54, 1.807) is 32.9 Å². The largest absolute Gasteiger partial charge is 0.407 e. The van der Waals surface area contributed by atoms with Crippen LogP contribution in [0.2, 0.25) is 0 Å². The molecule has 1 atom stereocenters. The van der Waals surface area contributed by atoms with Crippen LogP contribution in [-0.2, 0) is 0 Å². The number of hydrogen-bond donors (Lipinski definition) is 3. The van der Waals surface area contributed by atoms with E-state index >= 15 is 0 Å². The van der Waals surface area contributed by atoms with Gasteiger partial charge in [-0.05, 0) is 24.6 Å². The van der Waals surface area contributed by atoms with Crippen LogP contribution in [-0.4, -0.2) is 24.1 Å². The second-order valence-electron chi connectivity index (χ2n) is 4.48. The predicted molar refractivity (Wildman–Crippen MR) is 88.6 cm³/mol. The zero-order chi connectivity index (χ0) is 18.5. The molecule has 1 aromatic rings. The van der Waals surface area contributed by atoms with Crippen molar-refractivity contribution in [3.8, 4) is 11.8 Å². The van der Waals surface area contributed by atoms with Gasteiger partial charge in [0, 0.05) is 11.6 Å². The van der Waals surface area contributed by atoms with Gasteiger partial charge in [-0.15, -0.1) is 19.1 Å². The molecule has 23 heavy (non-hydrogen) atoms. The van der Waals surface area contributed by atoms with E-state index in [0.717, 1.165) is 0 Å². The fraction of sp³-hybridized carbons (Fsp3) is 0.412. The summed E-state index contributed by atoms with van der Waals surface area (Å²) in [6, 6.07) is 4.26. The molecule has 3 nitrogen and oxygen atoms in total. The third-order valence-electron chi connectivity index (χ3n) is 2.34. The van der Waals surface area contributed by atoms with Crippen LogP contribution in [0.5, 0.6) is 0 Å². The first kappa shape index (κ1) is 23.5. The van der Waals surface area contributed by atoms with Gasteiger partial charge in [0.15, 0.2) is 0 Å². The molecule has 1 rings (SSSR count). The highest BCUT2D eigenvalue weighted by Gasteiger charge is 2.40. The third-order valence-corrected chi connectivity index (χ3v) is 2.34. The summed E-state index contributed by atoms with van der Waals surface area (Å²) < 4.78 is 38.8. The number of alkyl halides is 3. The Bertz CT molecular complexity index is 473. The molecule has 0 radical (unpaired) electrons. The second-order valence-corrected chi connectivity index (χ2v) is 4.48. The van der Waals surface area contributed by atoms with Gasteiger partial charge in [0.05, 0.1) is 6.73 Å². The highest BCUT2D eigenvalue weighted by molar-refractivity contribution is 5.37. The second kappa shape index (κ2) is 12.7. The molecule has 1 aromatic carbocycles. The first-order chi connectivity index (χ1) is 10.8. The van der Waals surface area contributed by atoms with Gasteiger partial charge in [-0.3, -0.25) is 0 Å². The Morgan fingerprint density at radius 1 is 1.22 bits per heavy atom. The van der Waals surface area contributed by atoms with Crippen LogP contribution in [0.4, 0.5) is 13.2 Å². The number of aliphatic hydroxyl groups is 1. The monoisotopic (exact) mass is 330 g/mol. The molecule has 0 saturated heterocycles. The van der Waals surface area contributed by atoms with Crippen LogP contribution < -0.4 is 11.1 Å². The summed E-state index contributed by atoms with van der Waals surface area (Å²) in [5.41, 5.74) is 5.32. The normalized spacial score (nSPS) is 11.2. The number of rotatable bonds is 3. The topological polar surface area (TPSA) is 58.3 Å². The molecule has 0 saturated carbocycles. The minimum atomic E-state index is -4.30. The molecule has 4 N–H and O–H groups in total. The summed E-state index contributed by atoms with van der Waals surface area (Å²) in [6.45, 7) is 10.8. The molecule has 1 unspecified atom stereocenters. The van der Waals surface area contributed by atoms with Gasteiger partial charge in [-0.1, -0.05) is 31.9 Å². The Balaban J connectivity index is 0. The van der Waals surface area contributed by atoms with Gasteiger partial charge in [-0.25, -0.2) is 0 Å². The maximum atomic E-state index is 12.9. The number of benzene rings is 1. The molecule has 0 aliphatic heterocycles. The van der Waals surface area contributed by atoms with Crippen molar-refractivity contribution in [2.24, 2.45) is 5.73 Å². The third kappa shape index (κ3) is 10.5. The number of nitrogens with two attached hydrogens (primary N) is 1. The summed E-state index contributed by atoms with van der Waals surface area (Å²) in [4.78, 5) is 0. The van der Waals surface area contributed by atoms with Crippen LogP contribution in [0.15, 0.2) is 37.4 Å². The van der Waals surface area contributed by atoms with Crippen LogP contribution in [0.1, 0.15) is 37.9 Å². The number of nitrogens with one attached hydrogen (secondary N) is 1. The van der Waals surface area contributed by atoms with E-state index in [1.807, 2.05) is 0 Å². The highest BCUT2D eigenvalue weighted by atomic mass is 19.4.